The predicted molar refractivity (Wildman–Crippen MR) is 93.5 cm³/mol. The standard InChI is InChI=1S/C18H24N4O/c1-19-18(21-15-5-2-3-6-15)20-13-14-8-10-16(11-9-14)22-12-4-7-17(22)23/h2-3,8-11,15H,4-7,12-13H2,1H3,(H2,19,20,21). The fourth-order valence-corrected chi connectivity index (χ4v) is 3.02. The maximum absolute atomic E-state index is 11.8. The van der Waals surface area contributed by atoms with Crippen molar-refractivity contribution < 1.29 is 4.79 Å². The maximum Gasteiger partial charge on any atom is 0.227 e. The van der Waals surface area contributed by atoms with E-state index >= 15 is 0 Å². The second-order valence-corrected chi connectivity index (χ2v) is 6.03. The number of carbonyl (C=O) groups is 1. The number of nitrogens with zero attached hydrogens (tertiary/aromatic N) is 2. The average molecular weight is 312 g/mol. The zero-order valence-corrected chi connectivity index (χ0v) is 13.6. The summed E-state index contributed by atoms with van der Waals surface area (Å²) in [5, 5.41) is 6.76. The Morgan fingerprint density at radius 2 is 2.00 bits per heavy atom. The molecule has 5 heteroatoms. The Kier molecular flexibility index (Phi) is 4.95. The first kappa shape index (κ1) is 15.6. The molecule has 122 valence electrons. The van der Waals surface area contributed by atoms with Gasteiger partial charge < -0.3 is 15.5 Å². The van der Waals surface area contributed by atoms with E-state index in [2.05, 4.69) is 39.9 Å². The minimum Gasteiger partial charge on any atom is -0.353 e. The van der Waals surface area contributed by atoms with Gasteiger partial charge in [0.25, 0.3) is 0 Å². The third-order valence-electron chi connectivity index (χ3n) is 4.35. The van der Waals surface area contributed by atoms with Gasteiger partial charge in [0.1, 0.15) is 0 Å². The van der Waals surface area contributed by atoms with Crippen molar-refractivity contribution in [3.63, 3.8) is 0 Å². The molecule has 0 radical (unpaired) electrons. The minimum absolute atomic E-state index is 0.227. The SMILES string of the molecule is CN=C(NCc1ccc(N2CCCC2=O)cc1)NC1CC=CC1. The quantitative estimate of drug-likeness (QED) is 0.509. The first-order valence-electron chi connectivity index (χ1n) is 8.28. The normalized spacial score (nSPS) is 18.7. The van der Waals surface area contributed by atoms with Crippen LogP contribution < -0.4 is 15.5 Å². The summed E-state index contributed by atoms with van der Waals surface area (Å²) in [6.45, 7) is 1.55. The number of amides is 1. The highest BCUT2D eigenvalue weighted by Crippen LogP contribution is 2.21. The molecule has 5 nitrogen and oxygen atoms in total. The molecular formula is C18H24N4O. The van der Waals surface area contributed by atoms with Gasteiger partial charge in [0.05, 0.1) is 0 Å². The summed E-state index contributed by atoms with van der Waals surface area (Å²) in [5.74, 6) is 1.06. The molecule has 0 bridgehead atoms. The van der Waals surface area contributed by atoms with E-state index in [0.29, 0.717) is 19.0 Å². The lowest BCUT2D eigenvalue weighted by Gasteiger charge is -2.18. The number of guanidine groups is 1. The van der Waals surface area contributed by atoms with Crippen LogP contribution in [0.5, 0.6) is 0 Å². The van der Waals surface area contributed by atoms with Gasteiger partial charge >= 0.3 is 0 Å². The molecule has 0 atom stereocenters. The largest absolute Gasteiger partial charge is 0.353 e. The zero-order chi connectivity index (χ0) is 16.1. The van der Waals surface area contributed by atoms with Crippen LogP contribution >= 0.6 is 0 Å². The van der Waals surface area contributed by atoms with Gasteiger partial charge in [0.2, 0.25) is 5.91 Å². The van der Waals surface area contributed by atoms with E-state index in [9.17, 15) is 4.79 Å². The van der Waals surface area contributed by atoms with Crippen molar-refractivity contribution in [3.05, 3.63) is 42.0 Å². The van der Waals surface area contributed by atoms with E-state index < -0.39 is 0 Å². The lowest BCUT2D eigenvalue weighted by atomic mass is 10.2. The van der Waals surface area contributed by atoms with E-state index in [1.165, 1.54) is 5.56 Å². The molecule has 1 aromatic carbocycles. The molecule has 1 fully saturated rings. The summed E-state index contributed by atoms with van der Waals surface area (Å²) in [6.07, 6.45) is 8.13. The van der Waals surface area contributed by atoms with Crippen molar-refractivity contribution in [2.24, 2.45) is 4.99 Å². The Balaban J connectivity index is 1.52. The van der Waals surface area contributed by atoms with Gasteiger partial charge in [-0.3, -0.25) is 9.79 Å². The van der Waals surface area contributed by atoms with Crippen molar-refractivity contribution in [2.75, 3.05) is 18.5 Å². The molecule has 2 aliphatic rings. The fourth-order valence-electron chi connectivity index (χ4n) is 3.02. The van der Waals surface area contributed by atoms with Crippen molar-refractivity contribution in [1.29, 1.82) is 0 Å². The van der Waals surface area contributed by atoms with Gasteiger partial charge in [-0.2, -0.15) is 0 Å². The lowest BCUT2D eigenvalue weighted by Crippen LogP contribution is -2.42. The highest BCUT2D eigenvalue weighted by Gasteiger charge is 2.21. The third kappa shape index (κ3) is 3.92. The number of nitrogens with one attached hydrogen (secondary N) is 2. The zero-order valence-electron chi connectivity index (χ0n) is 13.6. The fraction of sp³-hybridized carbons (Fsp3) is 0.444. The van der Waals surface area contributed by atoms with Gasteiger partial charge in [0.15, 0.2) is 5.96 Å². The molecule has 1 amide bonds. The van der Waals surface area contributed by atoms with Crippen molar-refractivity contribution in [3.8, 4) is 0 Å². The van der Waals surface area contributed by atoms with E-state index in [1.807, 2.05) is 17.0 Å². The van der Waals surface area contributed by atoms with Crippen molar-refractivity contribution >= 4 is 17.6 Å². The summed E-state index contributed by atoms with van der Waals surface area (Å²) >= 11 is 0. The minimum atomic E-state index is 0.227. The maximum atomic E-state index is 11.8. The molecule has 0 spiro atoms. The van der Waals surface area contributed by atoms with Crippen LogP contribution in [0.2, 0.25) is 0 Å². The van der Waals surface area contributed by atoms with Crippen LogP contribution in [-0.4, -0.2) is 31.5 Å². The van der Waals surface area contributed by atoms with E-state index in [1.54, 1.807) is 7.05 Å². The number of carbonyl (C=O) groups excluding carboxylic acids is 1. The lowest BCUT2D eigenvalue weighted by molar-refractivity contribution is -0.117. The Bertz CT molecular complexity index is 598. The van der Waals surface area contributed by atoms with E-state index in [-0.39, 0.29) is 5.91 Å². The molecule has 3 rings (SSSR count). The summed E-state index contributed by atoms with van der Waals surface area (Å²) in [7, 11) is 1.79. The van der Waals surface area contributed by atoms with Crippen LogP contribution in [0.25, 0.3) is 0 Å². The van der Waals surface area contributed by atoms with Crippen LogP contribution in [0.4, 0.5) is 5.69 Å². The second-order valence-electron chi connectivity index (χ2n) is 6.03. The van der Waals surface area contributed by atoms with E-state index in [4.69, 9.17) is 0 Å². The molecule has 1 aliphatic heterocycles. The van der Waals surface area contributed by atoms with Crippen molar-refractivity contribution in [1.82, 2.24) is 10.6 Å². The van der Waals surface area contributed by atoms with Crippen LogP contribution in [0.3, 0.4) is 0 Å². The highest BCUT2D eigenvalue weighted by molar-refractivity contribution is 5.95. The first-order valence-corrected chi connectivity index (χ1v) is 8.28. The van der Waals surface area contributed by atoms with Crippen LogP contribution in [0.1, 0.15) is 31.2 Å². The molecule has 1 heterocycles. The van der Waals surface area contributed by atoms with Crippen molar-refractivity contribution in [2.45, 2.75) is 38.3 Å². The monoisotopic (exact) mass is 312 g/mol. The molecule has 1 aromatic rings. The van der Waals surface area contributed by atoms with Gasteiger partial charge in [0, 0.05) is 38.3 Å². The molecule has 1 saturated heterocycles. The number of hydrogen-bond acceptors (Lipinski definition) is 2. The Hall–Kier alpha value is -2.30. The number of anilines is 1. The molecular weight excluding hydrogens is 288 g/mol. The summed E-state index contributed by atoms with van der Waals surface area (Å²) in [4.78, 5) is 17.9. The molecule has 0 unspecified atom stereocenters. The number of rotatable bonds is 4. The number of aliphatic imine (C=N–C) groups is 1. The predicted octanol–water partition coefficient (Wildman–Crippen LogP) is 2.20. The Morgan fingerprint density at radius 3 is 2.61 bits per heavy atom. The van der Waals surface area contributed by atoms with Crippen LogP contribution in [0.15, 0.2) is 41.4 Å². The molecule has 0 saturated carbocycles. The second kappa shape index (κ2) is 7.31. The molecule has 0 aromatic heterocycles. The number of hydrogen-bond donors (Lipinski definition) is 2. The molecule has 23 heavy (non-hydrogen) atoms. The summed E-state index contributed by atoms with van der Waals surface area (Å²) in [6, 6.07) is 8.63. The first-order chi connectivity index (χ1) is 11.3. The Morgan fingerprint density at radius 1 is 1.26 bits per heavy atom. The summed E-state index contributed by atoms with van der Waals surface area (Å²) in [5.41, 5.74) is 2.17. The number of benzene rings is 1. The van der Waals surface area contributed by atoms with Crippen LogP contribution in [0, 0.1) is 0 Å². The third-order valence-corrected chi connectivity index (χ3v) is 4.35. The molecule has 1 aliphatic carbocycles. The van der Waals surface area contributed by atoms with Gasteiger partial charge in [-0.25, -0.2) is 0 Å². The average Bonchev–Trinajstić information content (AvgIpc) is 3.23. The van der Waals surface area contributed by atoms with Gasteiger partial charge in [-0.1, -0.05) is 24.3 Å². The van der Waals surface area contributed by atoms with E-state index in [0.717, 1.165) is 37.5 Å². The Labute approximate surface area is 137 Å². The van der Waals surface area contributed by atoms with Gasteiger partial charge in [-0.05, 0) is 37.0 Å². The summed E-state index contributed by atoms with van der Waals surface area (Å²) < 4.78 is 0. The smallest absolute Gasteiger partial charge is 0.227 e. The van der Waals surface area contributed by atoms with Crippen LogP contribution in [-0.2, 0) is 11.3 Å². The highest BCUT2D eigenvalue weighted by atomic mass is 16.2. The topological polar surface area (TPSA) is 56.7 Å². The molecule has 2 N–H and O–H groups in total. The van der Waals surface area contributed by atoms with Gasteiger partial charge in [-0.15, -0.1) is 0 Å².